The zero-order chi connectivity index (χ0) is 16.1. The molecule has 0 bridgehead atoms. The maximum absolute atomic E-state index is 4.64. The van der Waals surface area contributed by atoms with E-state index in [9.17, 15) is 0 Å². The maximum atomic E-state index is 4.64. The summed E-state index contributed by atoms with van der Waals surface area (Å²) < 4.78 is 0. The molecule has 112 valence electrons. The molecule has 0 spiro atoms. The fourth-order valence-electron chi connectivity index (χ4n) is 2.50. The molecule has 0 saturated carbocycles. The lowest BCUT2D eigenvalue weighted by Crippen LogP contribution is -1.94. The van der Waals surface area contributed by atoms with Crippen LogP contribution in [0.2, 0.25) is 0 Å². The van der Waals surface area contributed by atoms with Crippen LogP contribution < -0.4 is 0 Å². The number of hydrogen-bond acceptors (Lipinski definition) is 1. The summed E-state index contributed by atoms with van der Waals surface area (Å²) in [7, 11) is 0. The third kappa shape index (κ3) is 3.64. The van der Waals surface area contributed by atoms with Crippen molar-refractivity contribution in [3.63, 3.8) is 0 Å². The van der Waals surface area contributed by atoms with E-state index in [1.54, 1.807) is 0 Å². The zero-order valence-electron chi connectivity index (χ0n) is 13.2. The van der Waals surface area contributed by atoms with Gasteiger partial charge in [-0.25, -0.2) is 0 Å². The van der Waals surface area contributed by atoms with Crippen molar-refractivity contribution in [2.45, 2.75) is 6.92 Å². The van der Waals surface area contributed by atoms with E-state index in [1.165, 1.54) is 11.1 Å². The molecule has 0 amide bonds. The molecule has 0 aromatic heterocycles. The van der Waals surface area contributed by atoms with Gasteiger partial charge in [0.25, 0.3) is 0 Å². The van der Waals surface area contributed by atoms with E-state index < -0.39 is 0 Å². The summed E-state index contributed by atoms with van der Waals surface area (Å²) in [6, 6.07) is 28.9. The lowest BCUT2D eigenvalue weighted by Gasteiger charge is -2.06. The molecule has 1 nitrogen and oxygen atoms in total. The van der Waals surface area contributed by atoms with Crippen LogP contribution in [0, 0.1) is 0 Å². The Morgan fingerprint density at radius 2 is 1.17 bits per heavy atom. The highest BCUT2D eigenvalue weighted by molar-refractivity contribution is 6.01. The van der Waals surface area contributed by atoms with Gasteiger partial charge in [-0.1, -0.05) is 91.5 Å². The van der Waals surface area contributed by atoms with Crippen LogP contribution in [0.3, 0.4) is 0 Å². The van der Waals surface area contributed by atoms with E-state index in [0.29, 0.717) is 0 Å². The van der Waals surface area contributed by atoms with E-state index in [1.807, 2.05) is 31.2 Å². The number of nitrogens with zero attached hydrogens (tertiary/aromatic N) is 1. The van der Waals surface area contributed by atoms with Crippen LogP contribution in [0.1, 0.15) is 18.1 Å². The molecule has 0 aliphatic rings. The average molecular weight is 297 g/mol. The summed E-state index contributed by atoms with van der Waals surface area (Å²) in [6.45, 7) is 6.12. The Bertz CT molecular complexity index is 813. The van der Waals surface area contributed by atoms with Gasteiger partial charge in [-0.15, -0.1) is 0 Å². The predicted molar refractivity (Wildman–Crippen MR) is 99.6 cm³/mol. The average Bonchev–Trinajstić information content (AvgIpc) is 2.63. The quantitative estimate of drug-likeness (QED) is 0.537. The molecule has 0 radical (unpaired) electrons. The second kappa shape index (κ2) is 6.89. The van der Waals surface area contributed by atoms with Gasteiger partial charge in [0.15, 0.2) is 0 Å². The fraction of sp³-hybridized carbons (Fsp3) is 0.0455. The highest BCUT2D eigenvalue weighted by Gasteiger charge is 2.02. The minimum atomic E-state index is 0.783. The smallest absolute Gasteiger partial charge is 0.0633 e. The molecular weight excluding hydrogens is 278 g/mol. The lowest BCUT2D eigenvalue weighted by atomic mass is 10.0. The second-order valence-electron chi connectivity index (χ2n) is 5.45. The first-order valence-corrected chi connectivity index (χ1v) is 7.69. The number of benzene rings is 3. The molecule has 1 heteroatoms. The highest BCUT2D eigenvalue weighted by Crippen LogP contribution is 2.22. The van der Waals surface area contributed by atoms with Crippen molar-refractivity contribution < 1.29 is 0 Å². The van der Waals surface area contributed by atoms with Gasteiger partial charge in [0.1, 0.15) is 0 Å². The van der Waals surface area contributed by atoms with Crippen LogP contribution in [0.25, 0.3) is 16.8 Å². The first-order chi connectivity index (χ1) is 11.2. The van der Waals surface area contributed by atoms with Gasteiger partial charge in [-0.05, 0) is 29.2 Å². The first-order valence-electron chi connectivity index (χ1n) is 7.69. The van der Waals surface area contributed by atoms with Gasteiger partial charge in [0, 0.05) is 5.71 Å². The van der Waals surface area contributed by atoms with Gasteiger partial charge in [-0.2, -0.15) is 0 Å². The molecule has 3 aromatic carbocycles. The van der Waals surface area contributed by atoms with Crippen LogP contribution in [0.15, 0.2) is 96.5 Å². The zero-order valence-corrected chi connectivity index (χ0v) is 13.2. The van der Waals surface area contributed by atoms with Crippen LogP contribution in [0.5, 0.6) is 0 Å². The lowest BCUT2D eigenvalue weighted by molar-refractivity contribution is 1.48. The Labute approximate surface area is 137 Å². The van der Waals surface area contributed by atoms with Gasteiger partial charge in [-0.3, -0.25) is 4.99 Å². The SMILES string of the molecule is C=C(N=C(C)c1ccccc1)c1ccc(-c2ccccc2)cc1. The van der Waals surface area contributed by atoms with Crippen LogP contribution >= 0.6 is 0 Å². The number of rotatable bonds is 4. The van der Waals surface area contributed by atoms with Crippen molar-refractivity contribution in [1.29, 1.82) is 0 Å². The molecule has 0 heterocycles. The molecule has 23 heavy (non-hydrogen) atoms. The monoisotopic (exact) mass is 297 g/mol. The summed E-state index contributed by atoms with van der Waals surface area (Å²) in [5.41, 5.74) is 6.34. The van der Waals surface area contributed by atoms with Crippen molar-refractivity contribution >= 4 is 11.4 Å². The summed E-state index contributed by atoms with van der Waals surface area (Å²) in [4.78, 5) is 4.64. The summed E-state index contributed by atoms with van der Waals surface area (Å²) >= 11 is 0. The first kappa shape index (κ1) is 15.0. The fourth-order valence-corrected chi connectivity index (χ4v) is 2.50. The van der Waals surface area contributed by atoms with Crippen LogP contribution in [-0.2, 0) is 0 Å². The Morgan fingerprint density at radius 3 is 1.78 bits per heavy atom. The van der Waals surface area contributed by atoms with E-state index in [0.717, 1.165) is 22.5 Å². The Hall–Kier alpha value is -2.93. The van der Waals surface area contributed by atoms with Gasteiger partial charge in [0.05, 0.1) is 5.70 Å². The normalized spacial score (nSPS) is 11.3. The van der Waals surface area contributed by atoms with E-state index in [2.05, 4.69) is 72.2 Å². The molecule has 3 rings (SSSR count). The molecule has 0 N–H and O–H groups in total. The summed E-state index contributed by atoms with van der Waals surface area (Å²) in [5, 5.41) is 0. The van der Waals surface area contributed by atoms with Crippen molar-refractivity contribution in [3.8, 4) is 11.1 Å². The summed E-state index contributed by atoms with van der Waals surface area (Å²) in [6.07, 6.45) is 0. The molecule has 0 aliphatic carbocycles. The van der Waals surface area contributed by atoms with Crippen molar-refractivity contribution in [3.05, 3.63) is 103 Å². The predicted octanol–water partition coefficient (Wildman–Crippen LogP) is 5.83. The topological polar surface area (TPSA) is 12.4 Å². The molecule has 0 atom stereocenters. The van der Waals surface area contributed by atoms with Crippen molar-refractivity contribution in [1.82, 2.24) is 0 Å². The Kier molecular flexibility index (Phi) is 4.49. The molecular formula is C22H19N. The van der Waals surface area contributed by atoms with Crippen molar-refractivity contribution in [2.24, 2.45) is 4.99 Å². The largest absolute Gasteiger partial charge is 0.253 e. The number of hydrogen-bond donors (Lipinski definition) is 0. The third-order valence-corrected chi connectivity index (χ3v) is 3.82. The molecule has 3 aromatic rings. The van der Waals surface area contributed by atoms with Crippen molar-refractivity contribution in [2.75, 3.05) is 0 Å². The third-order valence-electron chi connectivity index (χ3n) is 3.82. The molecule has 0 saturated heterocycles. The molecule has 0 unspecified atom stereocenters. The maximum Gasteiger partial charge on any atom is 0.0633 e. The molecule has 0 aliphatic heterocycles. The van der Waals surface area contributed by atoms with Crippen LogP contribution in [-0.4, -0.2) is 5.71 Å². The van der Waals surface area contributed by atoms with Gasteiger partial charge in [0.2, 0.25) is 0 Å². The molecule has 0 fully saturated rings. The minimum Gasteiger partial charge on any atom is -0.253 e. The van der Waals surface area contributed by atoms with Crippen LogP contribution in [0.4, 0.5) is 0 Å². The Morgan fingerprint density at radius 1 is 0.652 bits per heavy atom. The highest BCUT2D eigenvalue weighted by atomic mass is 14.7. The Balaban J connectivity index is 1.81. The van der Waals surface area contributed by atoms with Gasteiger partial charge >= 0.3 is 0 Å². The van der Waals surface area contributed by atoms with E-state index in [4.69, 9.17) is 0 Å². The summed E-state index contributed by atoms with van der Waals surface area (Å²) in [5.74, 6) is 0. The van der Waals surface area contributed by atoms with E-state index >= 15 is 0 Å². The number of aliphatic imine (C=N–C) groups is 1. The second-order valence-corrected chi connectivity index (χ2v) is 5.45. The minimum absolute atomic E-state index is 0.783. The van der Waals surface area contributed by atoms with Gasteiger partial charge < -0.3 is 0 Å². The van der Waals surface area contributed by atoms with E-state index in [-0.39, 0.29) is 0 Å². The standard InChI is InChI=1S/C22H19N/c1-17(19-9-5-3-6-10-19)23-18(2)20-13-15-22(16-14-20)21-11-7-4-8-12-21/h3-16H,2H2,1H3.